The molecule has 108 valence electrons. The minimum Gasteiger partial charge on any atom is -0.340 e. The van der Waals surface area contributed by atoms with Gasteiger partial charge in [0.2, 0.25) is 5.91 Å². The maximum atomic E-state index is 12.6. The molecule has 1 aliphatic carbocycles. The van der Waals surface area contributed by atoms with Crippen LogP contribution in [0.2, 0.25) is 0 Å². The summed E-state index contributed by atoms with van der Waals surface area (Å²) in [5.41, 5.74) is 0. The number of rotatable bonds is 3. The van der Waals surface area contributed by atoms with Crippen LogP contribution in [0.1, 0.15) is 38.5 Å². The topological polar surface area (TPSA) is 32.3 Å². The first-order valence-electron chi connectivity index (χ1n) is 7.85. The molecule has 0 aromatic heterocycles. The maximum absolute atomic E-state index is 12.6. The van der Waals surface area contributed by atoms with Crippen molar-refractivity contribution in [2.24, 2.45) is 11.8 Å². The Morgan fingerprint density at radius 1 is 1.26 bits per heavy atom. The molecule has 3 rings (SSSR count). The van der Waals surface area contributed by atoms with Crippen LogP contribution in [0.3, 0.4) is 0 Å². The van der Waals surface area contributed by atoms with E-state index in [1.54, 1.807) is 0 Å². The van der Waals surface area contributed by atoms with Crippen molar-refractivity contribution in [3.05, 3.63) is 0 Å². The number of nitrogens with one attached hydrogen (secondary N) is 1. The lowest BCUT2D eigenvalue weighted by Gasteiger charge is -2.28. The van der Waals surface area contributed by atoms with E-state index in [-0.39, 0.29) is 6.04 Å². The Kier molecular flexibility index (Phi) is 4.37. The predicted octanol–water partition coefficient (Wildman–Crippen LogP) is 2.12. The van der Waals surface area contributed by atoms with Crippen molar-refractivity contribution in [3.63, 3.8) is 0 Å². The predicted molar refractivity (Wildman–Crippen MR) is 80.4 cm³/mol. The summed E-state index contributed by atoms with van der Waals surface area (Å²) < 4.78 is 0. The lowest BCUT2D eigenvalue weighted by atomic mass is 10.1. The fraction of sp³-hybridized carbons (Fsp3) is 0.933. The molecule has 0 aromatic rings. The van der Waals surface area contributed by atoms with Crippen LogP contribution in [0.5, 0.6) is 0 Å². The highest BCUT2D eigenvalue weighted by Gasteiger charge is 2.45. The van der Waals surface area contributed by atoms with Crippen molar-refractivity contribution in [3.8, 4) is 0 Å². The molecule has 0 bridgehead atoms. The molecule has 0 radical (unpaired) electrons. The van der Waals surface area contributed by atoms with Crippen LogP contribution in [0.25, 0.3) is 0 Å². The molecular weight excluding hydrogens is 256 g/mol. The third-order valence-corrected chi connectivity index (χ3v) is 6.35. The van der Waals surface area contributed by atoms with E-state index in [4.69, 9.17) is 0 Å². The molecule has 3 aliphatic rings. The van der Waals surface area contributed by atoms with Crippen LogP contribution in [-0.2, 0) is 4.79 Å². The smallest absolute Gasteiger partial charge is 0.239 e. The SMILES string of the molecule is CNC1CC2CC2CN(CC2CCCCCS2)C1=O. The van der Waals surface area contributed by atoms with E-state index in [2.05, 4.69) is 22.0 Å². The zero-order valence-corrected chi connectivity index (χ0v) is 12.8. The van der Waals surface area contributed by atoms with Gasteiger partial charge in [-0.1, -0.05) is 12.8 Å². The van der Waals surface area contributed by atoms with E-state index in [1.807, 2.05) is 7.05 Å². The normalized spacial score (nSPS) is 39.4. The van der Waals surface area contributed by atoms with Gasteiger partial charge in [0.25, 0.3) is 0 Å². The summed E-state index contributed by atoms with van der Waals surface area (Å²) in [7, 11) is 1.93. The molecule has 19 heavy (non-hydrogen) atoms. The van der Waals surface area contributed by atoms with Gasteiger partial charge in [-0.3, -0.25) is 4.79 Å². The maximum Gasteiger partial charge on any atom is 0.239 e. The van der Waals surface area contributed by atoms with Crippen LogP contribution in [0, 0.1) is 11.8 Å². The van der Waals surface area contributed by atoms with Gasteiger partial charge in [-0.15, -0.1) is 0 Å². The van der Waals surface area contributed by atoms with Crippen molar-refractivity contribution < 1.29 is 4.79 Å². The van der Waals surface area contributed by atoms with Gasteiger partial charge in [-0.2, -0.15) is 11.8 Å². The summed E-state index contributed by atoms with van der Waals surface area (Å²) in [5, 5.41) is 3.91. The van der Waals surface area contributed by atoms with E-state index in [9.17, 15) is 4.79 Å². The summed E-state index contributed by atoms with van der Waals surface area (Å²) >= 11 is 2.10. The lowest BCUT2D eigenvalue weighted by molar-refractivity contribution is -0.133. The van der Waals surface area contributed by atoms with Crippen molar-refractivity contribution in [2.75, 3.05) is 25.9 Å². The highest BCUT2D eigenvalue weighted by molar-refractivity contribution is 7.99. The number of carbonyl (C=O) groups excluding carboxylic acids is 1. The lowest BCUT2D eigenvalue weighted by Crippen LogP contribution is -2.47. The molecular formula is C15H26N2OS. The summed E-state index contributed by atoms with van der Waals surface area (Å²) in [6.07, 6.45) is 7.79. The third kappa shape index (κ3) is 3.27. The molecule has 1 saturated carbocycles. The van der Waals surface area contributed by atoms with Gasteiger partial charge in [0.1, 0.15) is 0 Å². The standard InChI is InChI=1S/C15H26N2OS/c1-16-14-8-11-7-12(11)9-17(15(14)18)10-13-5-3-2-4-6-19-13/h11-14,16H,2-10H2,1H3. The molecule has 4 unspecified atom stereocenters. The van der Waals surface area contributed by atoms with Crippen molar-refractivity contribution in [1.82, 2.24) is 10.2 Å². The van der Waals surface area contributed by atoms with E-state index in [0.717, 1.165) is 31.3 Å². The number of likely N-dealkylation sites (N-methyl/N-ethyl adjacent to an activating group) is 1. The third-order valence-electron chi connectivity index (χ3n) is 4.97. The number of carbonyl (C=O) groups is 1. The van der Waals surface area contributed by atoms with Crippen LogP contribution in [0.4, 0.5) is 0 Å². The number of fused-ring (bicyclic) bond motifs is 1. The second-order valence-electron chi connectivity index (χ2n) is 6.42. The fourth-order valence-corrected chi connectivity index (χ4v) is 4.92. The molecule has 2 aliphatic heterocycles. The molecule has 1 amide bonds. The highest BCUT2D eigenvalue weighted by Crippen LogP contribution is 2.44. The second-order valence-corrected chi connectivity index (χ2v) is 7.83. The average Bonchev–Trinajstić information content (AvgIpc) is 3.18. The van der Waals surface area contributed by atoms with Crippen molar-refractivity contribution >= 4 is 17.7 Å². The molecule has 4 heteroatoms. The second kappa shape index (κ2) is 6.04. The van der Waals surface area contributed by atoms with Gasteiger partial charge in [0.05, 0.1) is 6.04 Å². The van der Waals surface area contributed by atoms with Gasteiger partial charge in [0, 0.05) is 18.3 Å². The Morgan fingerprint density at radius 2 is 2.16 bits per heavy atom. The Bertz CT molecular complexity index is 328. The highest BCUT2D eigenvalue weighted by atomic mass is 32.2. The Balaban J connectivity index is 1.62. The van der Waals surface area contributed by atoms with Crippen LogP contribution >= 0.6 is 11.8 Å². The molecule has 0 spiro atoms. The zero-order chi connectivity index (χ0) is 13.2. The Hall–Kier alpha value is -0.220. The van der Waals surface area contributed by atoms with Crippen molar-refractivity contribution in [2.45, 2.75) is 49.8 Å². The van der Waals surface area contributed by atoms with Gasteiger partial charge in [-0.25, -0.2) is 0 Å². The first-order valence-corrected chi connectivity index (χ1v) is 8.90. The van der Waals surface area contributed by atoms with Gasteiger partial charge in [-0.05, 0) is 50.3 Å². The Labute approximate surface area is 120 Å². The monoisotopic (exact) mass is 282 g/mol. The largest absolute Gasteiger partial charge is 0.340 e. The van der Waals surface area contributed by atoms with E-state index < -0.39 is 0 Å². The van der Waals surface area contributed by atoms with Gasteiger partial charge >= 0.3 is 0 Å². The molecule has 3 fully saturated rings. The number of hydrogen-bond donors (Lipinski definition) is 1. The molecule has 0 aromatic carbocycles. The van der Waals surface area contributed by atoms with Gasteiger partial charge in [0.15, 0.2) is 0 Å². The molecule has 4 atom stereocenters. The first kappa shape index (κ1) is 13.7. The number of hydrogen-bond acceptors (Lipinski definition) is 3. The molecule has 2 heterocycles. The molecule has 1 N–H and O–H groups in total. The van der Waals surface area contributed by atoms with Crippen LogP contribution in [0.15, 0.2) is 0 Å². The summed E-state index contributed by atoms with van der Waals surface area (Å²) in [6, 6.07) is 0.0771. The van der Waals surface area contributed by atoms with E-state index in [0.29, 0.717) is 11.2 Å². The first-order chi connectivity index (χ1) is 9.28. The number of likely N-dealkylation sites (tertiary alicyclic amines) is 1. The molecule has 3 nitrogen and oxygen atoms in total. The van der Waals surface area contributed by atoms with Crippen LogP contribution in [-0.4, -0.2) is 48.0 Å². The van der Waals surface area contributed by atoms with E-state index in [1.165, 1.54) is 37.9 Å². The minimum atomic E-state index is 0.0771. The number of nitrogens with zero attached hydrogens (tertiary/aromatic N) is 1. The zero-order valence-electron chi connectivity index (χ0n) is 11.9. The quantitative estimate of drug-likeness (QED) is 0.860. The van der Waals surface area contributed by atoms with Crippen molar-refractivity contribution in [1.29, 1.82) is 0 Å². The fourth-order valence-electron chi connectivity index (χ4n) is 3.60. The summed E-state index contributed by atoms with van der Waals surface area (Å²) in [5.74, 6) is 3.26. The number of thioether (sulfide) groups is 1. The number of amides is 1. The van der Waals surface area contributed by atoms with Gasteiger partial charge < -0.3 is 10.2 Å². The van der Waals surface area contributed by atoms with Crippen LogP contribution < -0.4 is 5.32 Å². The minimum absolute atomic E-state index is 0.0771. The van der Waals surface area contributed by atoms with E-state index >= 15 is 0 Å². The summed E-state index contributed by atoms with van der Waals surface area (Å²) in [6.45, 7) is 2.02. The summed E-state index contributed by atoms with van der Waals surface area (Å²) in [4.78, 5) is 14.7. The Morgan fingerprint density at radius 3 is 3.00 bits per heavy atom. The molecule has 2 saturated heterocycles. The average molecular weight is 282 g/mol.